The van der Waals surface area contributed by atoms with Gasteiger partial charge in [-0.3, -0.25) is 0 Å². The van der Waals surface area contributed by atoms with Crippen LogP contribution in [0.2, 0.25) is 0 Å². The number of rotatable bonds is 9. The molecule has 1 heterocycles. The first-order valence-corrected chi connectivity index (χ1v) is 13.4. The molecule has 0 radical (unpaired) electrons. The number of aromatic carboxylic acids is 1. The molecule has 0 fully saturated rings. The molecule has 0 bridgehead atoms. The fourth-order valence-electron chi connectivity index (χ4n) is 4.27. The molecule has 8 nitrogen and oxygen atoms in total. The van der Waals surface area contributed by atoms with Crippen molar-refractivity contribution in [3.8, 4) is 11.1 Å². The van der Waals surface area contributed by atoms with Crippen LogP contribution in [-0.2, 0) is 23.0 Å². The number of hydrogen-bond donors (Lipinski definition) is 1. The predicted molar refractivity (Wildman–Crippen MR) is 146 cm³/mol. The highest BCUT2D eigenvalue weighted by Crippen LogP contribution is 2.30. The summed E-state index contributed by atoms with van der Waals surface area (Å²) in [5, 5.41) is 9.56. The van der Waals surface area contributed by atoms with Gasteiger partial charge < -0.3 is 14.6 Å². The highest BCUT2D eigenvalue weighted by Gasteiger charge is 2.19. The summed E-state index contributed by atoms with van der Waals surface area (Å²) >= 11 is 0. The normalized spacial score (nSPS) is 11.9. The molecule has 0 atom stereocenters. The molecule has 0 aliphatic heterocycles. The zero-order chi connectivity index (χ0) is 26.7. The van der Waals surface area contributed by atoms with Crippen LogP contribution in [0, 0.1) is 6.92 Å². The van der Waals surface area contributed by atoms with Crippen LogP contribution in [0.5, 0.6) is 0 Å². The molecule has 0 unspecified atom stereocenters. The Morgan fingerprint density at radius 3 is 2.46 bits per heavy atom. The van der Waals surface area contributed by atoms with E-state index in [2.05, 4.69) is 15.9 Å². The van der Waals surface area contributed by atoms with E-state index in [1.54, 1.807) is 55.4 Å². The molecule has 192 valence electrons. The number of imidazole rings is 1. The van der Waals surface area contributed by atoms with E-state index in [4.69, 9.17) is 4.98 Å². The van der Waals surface area contributed by atoms with Crippen LogP contribution in [0.1, 0.15) is 40.7 Å². The third-order valence-corrected chi connectivity index (χ3v) is 7.32. The Kier molecular flexibility index (Phi) is 7.45. The highest BCUT2D eigenvalue weighted by molar-refractivity contribution is 7.90. The summed E-state index contributed by atoms with van der Waals surface area (Å²) in [7, 11) is -0.447. The van der Waals surface area contributed by atoms with Gasteiger partial charge in [-0.15, -0.1) is 4.40 Å². The maximum absolute atomic E-state index is 12.9. The molecular formula is C28H30N4O4S. The van der Waals surface area contributed by atoms with Gasteiger partial charge in [0.25, 0.3) is 10.0 Å². The Hall–Kier alpha value is -3.98. The number of aryl methyl sites for hydroxylation is 2. The lowest BCUT2D eigenvalue weighted by Crippen LogP contribution is -2.10. The van der Waals surface area contributed by atoms with Crippen LogP contribution >= 0.6 is 0 Å². The van der Waals surface area contributed by atoms with E-state index in [0.29, 0.717) is 12.1 Å². The van der Waals surface area contributed by atoms with Crippen molar-refractivity contribution >= 4 is 33.4 Å². The van der Waals surface area contributed by atoms with Crippen molar-refractivity contribution in [2.24, 2.45) is 4.40 Å². The number of fused-ring (bicyclic) bond motifs is 1. The van der Waals surface area contributed by atoms with Crippen molar-refractivity contribution in [1.29, 1.82) is 0 Å². The topological polar surface area (TPSA) is 105 Å². The van der Waals surface area contributed by atoms with Crippen molar-refractivity contribution in [2.45, 2.75) is 38.1 Å². The lowest BCUT2D eigenvalue weighted by atomic mass is 10.0. The van der Waals surface area contributed by atoms with E-state index in [1.807, 2.05) is 31.2 Å². The first-order chi connectivity index (χ1) is 17.6. The summed E-state index contributed by atoms with van der Waals surface area (Å²) in [6, 6.07) is 17.8. The SMILES string of the molecule is CCCc1nc2c(C)cc(C(=O)O)cc2n1Cc1ccc(-c2ccccc2S(=O)(=O)N=CN(C)C)cc1. The Morgan fingerprint density at radius 2 is 1.81 bits per heavy atom. The van der Waals surface area contributed by atoms with Gasteiger partial charge in [0.15, 0.2) is 0 Å². The van der Waals surface area contributed by atoms with Crippen molar-refractivity contribution < 1.29 is 18.3 Å². The number of hydrogen-bond acceptors (Lipinski definition) is 4. The first-order valence-electron chi connectivity index (χ1n) is 12.0. The molecule has 4 rings (SSSR count). The van der Waals surface area contributed by atoms with Crippen molar-refractivity contribution in [3.63, 3.8) is 0 Å². The zero-order valence-electron chi connectivity index (χ0n) is 21.3. The maximum atomic E-state index is 12.9. The standard InChI is InChI=1S/C28H30N4O4S/c1-5-8-26-30-27-19(2)15-22(28(33)34)16-24(27)32(26)17-20-11-13-21(14-12-20)23-9-6-7-10-25(23)37(35,36)29-18-31(3)4/h6-7,9-16,18H,5,8,17H2,1-4H3,(H,33,34). The average molecular weight is 519 g/mol. The number of carboxylic acids is 1. The molecule has 0 amide bonds. The molecular weight excluding hydrogens is 488 g/mol. The minimum atomic E-state index is -3.87. The summed E-state index contributed by atoms with van der Waals surface area (Å²) in [6.07, 6.45) is 2.96. The molecule has 37 heavy (non-hydrogen) atoms. The van der Waals surface area contributed by atoms with Crippen LogP contribution in [0.3, 0.4) is 0 Å². The second-order valence-electron chi connectivity index (χ2n) is 9.18. The number of carboxylic acid groups (broad SMARTS) is 1. The fourth-order valence-corrected chi connectivity index (χ4v) is 5.41. The van der Waals surface area contributed by atoms with Crippen LogP contribution < -0.4 is 0 Å². The maximum Gasteiger partial charge on any atom is 0.335 e. The van der Waals surface area contributed by atoms with Crippen molar-refractivity contribution in [1.82, 2.24) is 14.5 Å². The van der Waals surface area contributed by atoms with E-state index >= 15 is 0 Å². The molecule has 0 aliphatic carbocycles. The highest BCUT2D eigenvalue weighted by atomic mass is 32.2. The summed E-state index contributed by atoms with van der Waals surface area (Å²) in [5.74, 6) is -0.0647. The lowest BCUT2D eigenvalue weighted by molar-refractivity contribution is 0.0697. The monoisotopic (exact) mass is 518 g/mol. The molecule has 0 saturated carbocycles. The molecule has 1 N–H and O–H groups in total. The van der Waals surface area contributed by atoms with Gasteiger partial charge in [-0.1, -0.05) is 49.4 Å². The van der Waals surface area contributed by atoms with E-state index in [-0.39, 0.29) is 10.5 Å². The van der Waals surface area contributed by atoms with Gasteiger partial charge in [-0.05, 0) is 48.2 Å². The molecule has 4 aromatic rings. The summed E-state index contributed by atoms with van der Waals surface area (Å²) in [4.78, 5) is 18.2. The van der Waals surface area contributed by atoms with Gasteiger partial charge in [0.05, 0.1) is 21.5 Å². The van der Waals surface area contributed by atoms with Crippen LogP contribution in [0.4, 0.5) is 0 Å². The van der Waals surface area contributed by atoms with Crippen LogP contribution in [0.25, 0.3) is 22.2 Å². The molecule has 0 saturated heterocycles. The number of carbonyl (C=O) groups is 1. The fraction of sp³-hybridized carbons (Fsp3) is 0.250. The van der Waals surface area contributed by atoms with E-state index < -0.39 is 16.0 Å². The van der Waals surface area contributed by atoms with Crippen LogP contribution in [-0.4, -0.2) is 54.4 Å². The molecule has 0 aliphatic rings. The summed E-state index contributed by atoms with van der Waals surface area (Å²) in [6.45, 7) is 4.48. The number of aromatic nitrogens is 2. The molecule has 3 aromatic carbocycles. The number of sulfonamides is 1. The predicted octanol–water partition coefficient (Wildman–Crippen LogP) is 4.99. The van der Waals surface area contributed by atoms with Crippen molar-refractivity contribution in [3.05, 3.63) is 83.2 Å². The van der Waals surface area contributed by atoms with E-state index in [0.717, 1.165) is 46.4 Å². The van der Waals surface area contributed by atoms with Gasteiger partial charge in [0.2, 0.25) is 0 Å². The van der Waals surface area contributed by atoms with Crippen molar-refractivity contribution in [2.75, 3.05) is 14.1 Å². The largest absolute Gasteiger partial charge is 0.478 e. The van der Waals surface area contributed by atoms with E-state index in [1.165, 1.54) is 6.34 Å². The van der Waals surface area contributed by atoms with Gasteiger partial charge in [-0.2, -0.15) is 8.42 Å². The average Bonchev–Trinajstić information content (AvgIpc) is 3.21. The zero-order valence-corrected chi connectivity index (χ0v) is 22.2. The molecule has 9 heteroatoms. The molecule has 1 aromatic heterocycles. The number of benzene rings is 3. The summed E-state index contributed by atoms with van der Waals surface area (Å²) in [5.41, 5.74) is 4.99. The first kappa shape index (κ1) is 26.1. The van der Waals surface area contributed by atoms with Gasteiger partial charge in [0, 0.05) is 32.6 Å². The van der Waals surface area contributed by atoms with E-state index in [9.17, 15) is 18.3 Å². The Labute approximate surface area is 217 Å². The second kappa shape index (κ2) is 10.6. The van der Waals surface area contributed by atoms with Crippen LogP contribution in [0.15, 0.2) is 70.0 Å². The second-order valence-corrected chi connectivity index (χ2v) is 10.8. The van der Waals surface area contributed by atoms with Gasteiger partial charge >= 0.3 is 5.97 Å². The number of nitrogens with zero attached hydrogens (tertiary/aromatic N) is 4. The minimum Gasteiger partial charge on any atom is -0.478 e. The molecule has 0 spiro atoms. The third kappa shape index (κ3) is 5.56. The smallest absolute Gasteiger partial charge is 0.335 e. The Bertz CT molecular complexity index is 1590. The van der Waals surface area contributed by atoms with Gasteiger partial charge in [0.1, 0.15) is 12.2 Å². The lowest BCUT2D eigenvalue weighted by Gasteiger charge is -2.12. The Morgan fingerprint density at radius 1 is 1.11 bits per heavy atom. The third-order valence-electron chi connectivity index (χ3n) is 6.03. The minimum absolute atomic E-state index is 0.142. The Balaban J connectivity index is 1.72. The quantitative estimate of drug-likeness (QED) is 0.247. The van der Waals surface area contributed by atoms with Gasteiger partial charge in [-0.25, -0.2) is 9.78 Å². The summed E-state index contributed by atoms with van der Waals surface area (Å²) < 4.78 is 31.6.